The minimum Gasteiger partial charge on any atom is -0.466 e. The van der Waals surface area contributed by atoms with Crippen molar-refractivity contribution in [1.29, 1.82) is 0 Å². The molecular formula is C20H14ClFN2O3S2. The number of thiophene rings is 1. The first kappa shape index (κ1) is 19.8. The van der Waals surface area contributed by atoms with Crippen LogP contribution in [0.25, 0.3) is 6.08 Å². The lowest BCUT2D eigenvalue weighted by atomic mass is 10.0. The standard InChI is InChI=1S/C20H14ClFN2O3S2/c1-10-16(19(26)27-2)17(14-7-4-8-28-14)24-18(25)15(29-20(24)23-10)9-11-12(21)5-3-6-13(11)22/h3-9,17H,1-2H3/t17-/m1/s1. The second-order valence-corrected chi connectivity index (χ2v) is 8.62. The molecular weight excluding hydrogens is 435 g/mol. The van der Waals surface area contributed by atoms with E-state index in [-0.39, 0.29) is 20.7 Å². The molecule has 3 heterocycles. The lowest BCUT2D eigenvalue weighted by Gasteiger charge is -2.22. The van der Waals surface area contributed by atoms with Crippen molar-refractivity contribution in [2.45, 2.75) is 13.0 Å². The molecule has 2 aromatic heterocycles. The molecule has 0 amide bonds. The molecule has 0 N–H and O–H groups in total. The topological polar surface area (TPSA) is 60.7 Å². The maximum atomic E-state index is 14.2. The number of ether oxygens (including phenoxy) is 1. The summed E-state index contributed by atoms with van der Waals surface area (Å²) >= 11 is 8.65. The molecule has 0 saturated heterocycles. The first-order chi connectivity index (χ1) is 13.9. The fourth-order valence-electron chi connectivity index (χ4n) is 3.19. The third kappa shape index (κ3) is 3.37. The summed E-state index contributed by atoms with van der Waals surface area (Å²) in [6.45, 7) is 1.71. The summed E-state index contributed by atoms with van der Waals surface area (Å²) < 4.78 is 20.9. The average molecular weight is 449 g/mol. The first-order valence-electron chi connectivity index (χ1n) is 8.50. The normalized spacial score (nSPS) is 16.6. The highest BCUT2D eigenvalue weighted by molar-refractivity contribution is 7.10. The van der Waals surface area contributed by atoms with Crippen LogP contribution < -0.4 is 14.9 Å². The van der Waals surface area contributed by atoms with Crippen molar-refractivity contribution in [2.75, 3.05) is 7.11 Å². The quantitative estimate of drug-likeness (QED) is 0.578. The van der Waals surface area contributed by atoms with Crippen LogP contribution in [0.2, 0.25) is 5.02 Å². The Hall–Kier alpha value is -2.55. The molecule has 9 heteroatoms. The van der Waals surface area contributed by atoms with Gasteiger partial charge in [0.25, 0.3) is 5.56 Å². The van der Waals surface area contributed by atoms with Crippen LogP contribution in [0.5, 0.6) is 0 Å². The zero-order valence-corrected chi connectivity index (χ0v) is 17.7. The van der Waals surface area contributed by atoms with Gasteiger partial charge < -0.3 is 4.74 Å². The van der Waals surface area contributed by atoms with Crippen LogP contribution in [0.1, 0.15) is 23.4 Å². The lowest BCUT2D eigenvalue weighted by Crippen LogP contribution is -2.39. The fraction of sp³-hybridized carbons (Fsp3) is 0.150. The Bertz CT molecular complexity index is 1300. The minimum atomic E-state index is -0.656. The van der Waals surface area contributed by atoms with Crippen LogP contribution in [0, 0.1) is 5.82 Å². The molecule has 1 aliphatic heterocycles. The molecule has 4 rings (SSSR count). The predicted molar refractivity (Wildman–Crippen MR) is 112 cm³/mol. The highest BCUT2D eigenvalue weighted by Gasteiger charge is 2.33. The Labute approximate surface area is 177 Å². The SMILES string of the molecule is COC(=O)C1=C(C)N=c2sc(=Cc3c(F)cccc3Cl)c(=O)n2[C@@H]1c1cccs1. The van der Waals surface area contributed by atoms with Crippen molar-refractivity contribution in [2.24, 2.45) is 4.99 Å². The monoisotopic (exact) mass is 448 g/mol. The van der Waals surface area contributed by atoms with E-state index >= 15 is 0 Å². The Morgan fingerprint density at radius 3 is 2.79 bits per heavy atom. The number of benzene rings is 1. The van der Waals surface area contributed by atoms with E-state index in [1.54, 1.807) is 13.0 Å². The maximum absolute atomic E-state index is 14.2. The second-order valence-electron chi connectivity index (χ2n) is 6.22. The second kappa shape index (κ2) is 7.70. The van der Waals surface area contributed by atoms with Crippen molar-refractivity contribution < 1.29 is 13.9 Å². The number of fused-ring (bicyclic) bond motifs is 1. The van der Waals surface area contributed by atoms with Crippen LogP contribution in [-0.4, -0.2) is 17.6 Å². The molecule has 0 aliphatic carbocycles. The van der Waals surface area contributed by atoms with Gasteiger partial charge >= 0.3 is 5.97 Å². The zero-order valence-electron chi connectivity index (χ0n) is 15.3. The van der Waals surface area contributed by atoms with E-state index in [0.29, 0.717) is 16.1 Å². The fourth-order valence-corrected chi connectivity index (χ4v) is 5.26. The average Bonchev–Trinajstić information content (AvgIpc) is 3.32. The number of hydrogen-bond acceptors (Lipinski definition) is 6. The van der Waals surface area contributed by atoms with Gasteiger partial charge in [-0.25, -0.2) is 14.2 Å². The highest BCUT2D eigenvalue weighted by Crippen LogP contribution is 2.33. The van der Waals surface area contributed by atoms with Crippen molar-refractivity contribution in [3.05, 3.63) is 88.0 Å². The van der Waals surface area contributed by atoms with Gasteiger partial charge in [0.1, 0.15) is 11.9 Å². The number of halogens is 2. The number of methoxy groups -OCH3 is 1. The van der Waals surface area contributed by atoms with Gasteiger partial charge in [-0.2, -0.15) is 0 Å². The Kier molecular flexibility index (Phi) is 5.24. The van der Waals surface area contributed by atoms with Crippen molar-refractivity contribution in [3.63, 3.8) is 0 Å². The van der Waals surface area contributed by atoms with Crippen LogP contribution in [0.15, 0.2) is 56.8 Å². The number of esters is 1. The number of carbonyl (C=O) groups excluding carboxylic acids is 1. The van der Waals surface area contributed by atoms with Crippen molar-refractivity contribution >= 4 is 46.3 Å². The molecule has 0 fully saturated rings. The third-order valence-corrected chi connectivity index (χ3v) is 6.75. The number of thiazole rings is 1. The van der Waals surface area contributed by atoms with E-state index in [0.717, 1.165) is 16.2 Å². The molecule has 29 heavy (non-hydrogen) atoms. The third-order valence-electron chi connectivity index (χ3n) is 4.51. The van der Waals surface area contributed by atoms with E-state index in [4.69, 9.17) is 16.3 Å². The minimum absolute atomic E-state index is 0.135. The Morgan fingerprint density at radius 1 is 1.34 bits per heavy atom. The first-order valence-corrected chi connectivity index (χ1v) is 10.6. The number of allylic oxidation sites excluding steroid dienone is 1. The number of hydrogen-bond donors (Lipinski definition) is 0. The van der Waals surface area contributed by atoms with Gasteiger partial charge in [-0.05, 0) is 36.6 Å². The summed E-state index contributed by atoms with van der Waals surface area (Å²) in [4.78, 5) is 31.4. The van der Waals surface area contributed by atoms with Gasteiger partial charge in [0.2, 0.25) is 0 Å². The molecule has 148 valence electrons. The largest absolute Gasteiger partial charge is 0.466 e. The highest BCUT2D eigenvalue weighted by atomic mass is 35.5. The summed E-state index contributed by atoms with van der Waals surface area (Å²) in [6, 6.07) is 7.38. The van der Waals surface area contributed by atoms with E-state index < -0.39 is 17.8 Å². The molecule has 1 aliphatic rings. The lowest BCUT2D eigenvalue weighted by molar-refractivity contribution is -0.136. The molecule has 0 bridgehead atoms. The number of rotatable bonds is 3. The summed E-state index contributed by atoms with van der Waals surface area (Å²) in [5, 5.41) is 2.08. The molecule has 0 saturated carbocycles. The van der Waals surface area contributed by atoms with E-state index in [9.17, 15) is 14.0 Å². The van der Waals surface area contributed by atoms with Gasteiger partial charge in [0.15, 0.2) is 4.80 Å². The molecule has 5 nitrogen and oxygen atoms in total. The van der Waals surface area contributed by atoms with E-state index in [1.807, 2.05) is 17.5 Å². The van der Waals surface area contributed by atoms with Gasteiger partial charge in [-0.1, -0.05) is 35.1 Å². The molecule has 3 aromatic rings. The number of carbonyl (C=O) groups is 1. The smallest absolute Gasteiger partial charge is 0.338 e. The van der Waals surface area contributed by atoms with Gasteiger partial charge in [-0.3, -0.25) is 9.36 Å². The molecule has 1 aromatic carbocycles. The molecule has 0 unspecified atom stereocenters. The summed E-state index contributed by atoms with van der Waals surface area (Å²) in [5.74, 6) is -1.07. The van der Waals surface area contributed by atoms with Gasteiger partial charge in [0, 0.05) is 10.4 Å². The molecule has 0 radical (unpaired) electrons. The van der Waals surface area contributed by atoms with Gasteiger partial charge in [0.05, 0.1) is 27.9 Å². The zero-order chi connectivity index (χ0) is 20.7. The Balaban J connectivity index is 2.00. The predicted octanol–water partition coefficient (Wildman–Crippen LogP) is 3.26. The summed E-state index contributed by atoms with van der Waals surface area (Å²) in [7, 11) is 1.29. The summed E-state index contributed by atoms with van der Waals surface area (Å²) in [5.41, 5.74) is 0.543. The van der Waals surface area contributed by atoms with E-state index in [2.05, 4.69) is 4.99 Å². The van der Waals surface area contributed by atoms with Gasteiger partial charge in [-0.15, -0.1) is 11.3 Å². The number of nitrogens with zero attached hydrogens (tertiary/aromatic N) is 2. The Morgan fingerprint density at radius 2 is 2.14 bits per heavy atom. The van der Waals surface area contributed by atoms with E-state index in [1.165, 1.54) is 41.2 Å². The number of aromatic nitrogens is 1. The molecule has 1 atom stereocenters. The van der Waals surface area contributed by atoms with Crippen LogP contribution in [-0.2, 0) is 9.53 Å². The van der Waals surface area contributed by atoms with Crippen LogP contribution >= 0.6 is 34.3 Å². The van der Waals surface area contributed by atoms with Crippen molar-refractivity contribution in [1.82, 2.24) is 4.57 Å². The van der Waals surface area contributed by atoms with Crippen molar-refractivity contribution in [3.8, 4) is 0 Å². The van der Waals surface area contributed by atoms with Crippen LogP contribution in [0.3, 0.4) is 0 Å². The molecule has 0 spiro atoms. The summed E-state index contributed by atoms with van der Waals surface area (Å²) in [6.07, 6.45) is 1.42. The van der Waals surface area contributed by atoms with Crippen LogP contribution in [0.4, 0.5) is 4.39 Å². The maximum Gasteiger partial charge on any atom is 0.338 e.